The van der Waals surface area contributed by atoms with E-state index in [1.807, 2.05) is 31.2 Å². The fourth-order valence-corrected chi connectivity index (χ4v) is 3.71. The van der Waals surface area contributed by atoms with Crippen molar-refractivity contribution in [3.05, 3.63) is 42.5 Å². The largest absolute Gasteiger partial charge is 0.342 e. The number of amides is 1. The molecule has 2 aromatic carbocycles. The van der Waals surface area contributed by atoms with E-state index in [4.69, 9.17) is 5.26 Å². The van der Waals surface area contributed by atoms with E-state index in [-0.39, 0.29) is 29.7 Å². The Bertz CT molecular complexity index is 919. The van der Waals surface area contributed by atoms with E-state index >= 15 is 0 Å². The van der Waals surface area contributed by atoms with Crippen molar-refractivity contribution in [1.29, 1.82) is 5.26 Å². The molecular formula is C19H23N3O3S. The first-order chi connectivity index (χ1) is 12.4. The minimum Gasteiger partial charge on any atom is -0.342 e. The molecule has 0 heterocycles. The highest BCUT2D eigenvalue weighted by molar-refractivity contribution is 7.89. The van der Waals surface area contributed by atoms with E-state index in [2.05, 4.69) is 10.8 Å². The summed E-state index contributed by atoms with van der Waals surface area (Å²) in [4.78, 5) is 13.9. The molecule has 7 heteroatoms. The van der Waals surface area contributed by atoms with Gasteiger partial charge in [0.2, 0.25) is 15.9 Å². The number of hydrogen-bond donors (Lipinski definition) is 1. The van der Waals surface area contributed by atoms with Crippen LogP contribution in [0.2, 0.25) is 0 Å². The van der Waals surface area contributed by atoms with Crippen LogP contribution in [0.4, 0.5) is 0 Å². The summed E-state index contributed by atoms with van der Waals surface area (Å²) in [5, 5.41) is 10.7. The van der Waals surface area contributed by atoms with Crippen LogP contribution in [0, 0.1) is 17.2 Å². The van der Waals surface area contributed by atoms with Gasteiger partial charge in [-0.3, -0.25) is 4.79 Å². The number of nitriles is 1. The van der Waals surface area contributed by atoms with Gasteiger partial charge in [0.15, 0.2) is 0 Å². The Kier molecular flexibility index (Phi) is 6.72. The van der Waals surface area contributed by atoms with Crippen LogP contribution in [-0.2, 0) is 14.8 Å². The number of carbonyl (C=O) groups is 1. The van der Waals surface area contributed by atoms with Crippen LogP contribution in [0.1, 0.15) is 20.3 Å². The van der Waals surface area contributed by atoms with Crippen molar-refractivity contribution in [2.45, 2.75) is 25.2 Å². The zero-order chi connectivity index (χ0) is 19.2. The normalized spacial score (nSPS) is 12.5. The Hall–Kier alpha value is -2.43. The van der Waals surface area contributed by atoms with Gasteiger partial charge in [-0.1, -0.05) is 30.3 Å². The molecule has 1 atom stereocenters. The fourth-order valence-electron chi connectivity index (χ4n) is 2.65. The van der Waals surface area contributed by atoms with Gasteiger partial charge in [-0.15, -0.1) is 0 Å². The summed E-state index contributed by atoms with van der Waals surface area (Å²) in [6.07, 6.45) is 0.0544. The van der Waals surface area contributed by atoms with Gasteiger partial charge >= 0.3 is 0 Å². The third-order valence-electron chi connectivity index (χ3n) is 4.11. The first-order valence-corrected chi connectivity index (χ1v) is 10.0. The highest BCUT2D eigenvalue weighted by atomic mass is 32.2. The molecular weight excluding hydrogens is 350 g/mol. The minimum atomic E-state index is -3.68. The van der Waals surface area contributed by atoms with E-state index in [0.717, 1.165) is 10.8 Å². The molecule has 0 spiro atoms. The smallest absolute Gasteiger partial charge is 0.240 e. The number of sulfonamides is 1. The molecule has 0 saturated carbocycles. The van der Waals surface area contributed by atoms with Crippen LogP contribution in [0.15, 0.2) is 47.4 Å². The van der Waals surface area contributed by atoms with Crippen LogP contribution in [0.25, 0.3) is 10.8 Å². The highest BCUT2D eigenvalue weighted by Gasteiger charge is 2.17. The lowest BCUT2D eigenvalue weighted by Crippen LogP contribution is -2.36. The summed E-state index contributed by atoms with van der Waals surface area (Å²) < 4.78 is 27.4. The predicted molar refractivity (Wildman–Crippen MR) is 101 cm³/mol. The first-order valence-electron chi connectivity index (χ1n) is 8.53. The summed E-state index contributed by atoms with van der Waals surface area (Å²) in [6, 6.07) is 14.5. The second kappa shape index (κ2) is 8.79. The molecule has 0 bridgehead atoms. The van der Waals surface area contributed by atoms with Gasteiger partial charge in [-0.25, -0.2) is 13.1 Å². The molecule has 0 saturated heterocycles. The van der Waals surface area contributed by atoms with E-state index in [9.17, 15) is 13.2 Å². The number of carbonyl (C=O) groups excluding carboxylic acids is 1. The van der Waals surface area contributed by atoms with Crippen LogP contribution in [-0.4, -0.2) is 38.9 Å². The first kappa shape index (κ1) is 19.9. The number of fused-ring (bicyclic) bond motifs is 1. The topological polar surface area (TPSA) is 90.3 Å². The van der Waals surface area contributed by atoms with Gasteiger partial charge in [-0.05, 0) is 36.8 Å². The van der Waals surface area contributed by atoms with Gasteiger partial charge in [0.05, 0.1) is 16.9 Å². The summed E-state index contributed by atoms with van der Waals surface area (Å²) in [6.45, 7) is 4.44. The monoisotopic (exact) mass is 373 g/mol. The zero-order valence-electron chi connectivity index (χ0n) is 15.0. The third kappa shape index (κ3) is 5.04. The number of nitrogens with zero attached hydrogens (tertiary/aromatic N) is 2. The van der Waals surface area contributed by atoms with Gasteiger partial charge < -0.3 is 4.90 Å². The molecule has 0 aliphatic carbocycles. The van der Waals surface area contributed by atoms with E-state index < -0.39 is 10.0 Å². The summed E-state index contributed by atoms with van der Waals surface area (Å²) in [5.41, 5.74) is 0. The number of hydrogen-bond acceptors (Lipinski definition) is 4. The Labute approximate surface area is 154 Å². The van der Waals surface area contributed by atoms with Crippen molar-refractivity contribution in [1.82, 2.24) is 9.62 Å². The van der Waals surface area contributed by atoms with Gasteiger partial charge in [0.1, 0.15) is 0 Å². The molecule has 0 aromatic heterocycles. The van der Waals surface area contributed by atoms with Crippen LogP contribution in [0.5, 0.6) is 0 Å². The zero-order valence-corrected chi connectivity index (χ0v) is 15.8. The Morgan fingerprint density at radius 3 is 2.58 bits per heavy atom. The lowest BCUT2D eigenvalue weighted by Gasteiger charge is -2.22. The third-order valence-corrected chi connectivity index (χ3v) is 5.57. The molecule has 0 fully saturated rings. The van der Waals surface area contributed by atoms with Crippen molar-refractivity contribution in [2.75, 3.05) is 19.6 Å². The summed E-state index contributed by atoms with van der Waals surface area (Å²) in [5.74, 6) is -0.427. The molecule has 1 unspecified atom stereocenters. The predicted octanol–water partition coefficient (Wildman–Crippen LogP) is 2.52. The van der Waals surface area contributed by atoms with Crippen molar-refractivity contribution in [2.24, 2.45) is 5.92 Å². The van der Waals surface area contributed by atoms with E-state index in [0.29, 0.717) is 13.1 Å². The van der Waals surface area contributed by atoms with Gasteiger partial charge in [0.25, 0.3) is 0 Å². The molecule has 0 aliphatic heterocycles. The average molecular weight is 373 g/mol. The van der Waals surface area contributed by atoms with Gasteiger partial charge in [-0.2, -0.15) is 5.26 Å². The van der Waals surface area contributed by atoms with E-state index in [1.165, 1.54) is 0 Å². The van der Waals surface area contributed by atoms with Crippen LogP contribution >= 0.6 is 0 Å². The number of benzene rings is 2. The Morgan fingerprint density at radius 1 is 1.23 bits per heavy atom. The van der Waals surface area contributed by atoms with Gasteiger partial charge in [0, 0.05) is 26.1 Å². The highest BCUT2D eigenvalue weighted by Crippen LogP contribution is 2.18. The minimum absolute atomic E-state index is 0.0193. The lowest BCUT2D eigenvalue weighted by molar-refractivity contribution is -0.131. The lowest BCUT2D eigenvalue weighted by atomic mass is 10.1. The second-order valence-electron chi connectivity index (χ2n) is 6.12. The van der Waals surface area contributed by atoms with Crippen molar-refractivity contribution < 1.29 is 13.2 Å². The SMILES string of the molecule is CCN(CC(C)C#N)C(=O)CCNS(=O)(=O)c1ccc2ccccc2c1. The number of rotatable bonds is 8. The standard InChI is InChI=1S/C19H23N3O3S/c1-3-22(14-15(2)13-20)19(23)10-11-21-26(24,25)18-9-8-16-6-4-5-7-17(16)12-18/h4-9,12,15,21H,3,10-11,14H2,1-2H3. The van der Waals surface area contributed by atoms with Crippen molar-refractivity contribution >= 4 is 26.7 Å². The van der Waals surface area contributed by atoms with E-state index in [1.54, 1.807) is 30.0 Å². The molecule has 0 radical (unpaired) electrons. The van der Waals surface area contributed by atoms with Crippen molar-refractivity contribution in [3.8, 4) is 6.07 Å². The molecule has 6 nitrogen and oxygen atoms in total. The Morgan fingerprint density at radius 2 is 1.92 bits per heavy atom. The molecule has 1 N–H and O–H groups in total. The Balaban J connectivity index is 1.98. The summed E-state index contributed by atoms with van der Waals surface area (Å²) in [7, 11) is -3.68. The maximum Gasteiger partial charge on any atom is 0.240 e. The maximum atomic E-state index is 12.4. The molecule has 2 rings (SSSR count). The fraction of sp³-hybridized carbons (Fsp3) is 0.368. The average Bonchev–Trinajstić information content (AvgIpc) is 2.65. The summed E-state index contributed by atoms with van der Waals surface area (Å²) >= 11 is 0. The molecule has 1 amide bonds. The molecule has 138 valence electrons. The maximum absolute atomic E-state index is 12.4. The molecule has 2 aromatic rings. The van der Waals surface area contributed by atoms with Crippen molar-refractivity contribution in [3.63, 3.8) is 0 Å². The van der Waals surface area contributed by atoms with Crippen LogP contribution < -0.4 is 4.72 Å². The second-order valence-corrected chi connectivity index (χ2v) is 7.89. The quantitative estimate of drug-likeness (QED) is 0.770. The van der Waals surface area contributed by atoms with Crippen LogP contribution in [0.3, 0.4) is 0 Å². The number of nitrogens with one attached hydrogen (secondary N) is 1. The molecule has 26 heavy (non-hydrogen) atoms. The molecule has 0 aliphatic rings.